The van der Waals surface area contributed by atoms with E-state index in [1.54, 1.807) is 33.2 Å². The van der Waals surface area contributed by atoms with Gasteiger partial charge in [0.2, 0.25) is 17.8 Å². The lowest BCUT2D eigenvalue weighted by Crippen LogP contribution is -2.64. The lowest BCUT2D eigenvalue weighted by molar-refractivity contribution is -0.143. The summed E-state index contributed by atoms with van der Waals surface area (Å²) in [7, 11) is 0. The molecule has 0 spiro atoms. The quantitative estimate of drug-likeness (QED) is 0.700. The first kappa shape index (κ1) is 20.5. The van der Waals surface area contributed by atoms with Crippen molar-refractivity contribution in [3.63, 3.8) is 0 Å². The highest BCUT2D eigenvalue weighted by Gasteiger charge is 2.54. The largest absolute Gasteiger partial charge is 0.339 e. The highest BCUT2D eigenvalue weighted by molar-refractivity contribution is 5.83. The van der Waals surface area contributed by atoms with E-state index in [1.807, 2.05) is 4.90 Å². The zero-order valence-corrected chi connectivity index (χ0v) is 17.5. The van der Waals surface area contributed by atoms with Crippen LogP contribution in [0.4, 0.5) is 14.7 Å². The molecule has 168 valence electrons. The summed E-state index contributed by atoms with van der Waals surface area (Å²) in [6.45, 7) is 2.80. The smallest absolute Gasteiger partial charge is 0.262 e. The zero-order chi connectivity index (χ0) is 21.6. The summed E-state index contributed by atoms with van der Waals surface area (Å²) in [6.07, 6.45) is 5.53. The van der Waals surface area contributed by atoms with E-state index in [9.17, 15) is 18.4 Å². The Morgan fingerprint density at radius 1 is 0.968 bits per heavy atom. The van der Waals surface area contributed by atoms with Crippen molar-refractivity contribution in [1.29, 1.82) is 0 Å². The van der Waals surface area contributed by atoms with Gasteiger partial charge in [0.25, 0.3) is 5.92 Å². The van der Waals surface area contributed by atoms with Gasteiger partial charge in [-0.1, -0.05) is 0 Å². The predicted molar refractivity (Wildman–Crippen MR) is 109 cm³/mol. The number of halogens is 2. The molecule has 3 aliphatic heterocycles. The molecule has 4 aliphatic rings. The first-order valence-electron chi connectivity index (χ1n) is 11.1. The van der Waals surface area contributed by atoms with Crippen LogP contribution in [0.1, 0.15) is 25.7 Å². The van der Waals surface area contributed by atoms with E-state index in [0.717, 1.165) is 25.8 Å². The van der Waals surface area contributed by atoms with Crippen LogP contribution in [0.2, 0.25) is 0 Å². The maximum Gasteiger partial charge on any atom is 0.262 e. The van der Waals surface area contributed by atoms with Crippen LogP contribution in [0.25, 0.3) is 0 Å². The number of hydrogen-bond donors (Lipinski definition) is 0. The number of likely N-dealkylation sites (tertiary alicyclic amines) is 2. The van der Waals surface area contributed by atoms with Crippen LogP contribution in [0.15, 0.2) is 18.5 Å². The molecule has 1 aromatic heterocycles. The average Bonchev–Trinajstić information content (AvgIpc) is 3.54. The van der Waals surface area contributed by atoms with Gasteiger partial charge in [0, 0.05) is 70.0 Å². The molecule has 31 heavy (non-hydrogen) atoms. The molecule has 10 heteroatoms. The van der Waals surface area contributed by atoms with Crippen LogP contribution in [0.3, 0.4) is 0 Å². The number of nitrogens with zero attached hydrogens (tertiary/aromatic N) is 6. The maximum absolute atomic E-state index is 14.3. The number of amides is 2. The number of rotatable bonds is 4. The summed E-state index contributed by atoms with van der Waals surface area (Å²) < 4.78 is 28.7. The van der Waals surface area contributed by atoms with Gasteiger partial charge in [-0.2, -0.15) is 0 Å². The second-order valence-electron chi connectivity index (χ2n) is 9.13. The molecule has 0 unspecified atom stereocenters. The van der Waals surface area contributed by atoms with E-state index in [4.69, 9.17) is 0 Å². The van der Waals surface area contributed by atoms with Gasteiger partial charge in [-0.15, -0.1) is 0 Å². The molecule has 3 saturated heterocycles. The Morgan fingerprint density at radius 2 is 1.71 bits per heavy atom. The fourth-order valence-electron chi connectivity index (χ4n) is 4.89. The molecule has 8 nitrogen and oxygen atoms in total. The number of hydrogen-bond acceptors (Lipinski definition) is 6. The van der Waals surface area contributed by atoms with Gasteiger partial charge in [-0.25, -0.2) is 18.7 Å². The maximum atomic E-state index is 14.3. The van der Waals surface area contributed by atoms with Crippen LogP contribution < -0.4 is 4.90 Å². The normalized spacial score (nSPS) is 27.2. The molecule has 5 rings (SSSR count). The van der Waals surface area contributed by atoms with Gasteiger partial charge in [0.15, 0.2) is 0 Å². The molecule has 0 N–H and O–H groups in total. The third-order valence-corrected chi connectivity index (χ3v) is 6.80. The van der Waals surface area contributed by atoms with Crippen molar-refractivity contribution in [2.75, 3.05) is 50.7 Å². The summed E-state index contributed by atoms with van der Waals surface area (Å²) in [5.74, 6) is -2.20. The molecule has 0 radical (unpaired) electrons. The molecule has 4 fully saturated rings. The molecule has 2 amide bonds. The van der Waals surface area contributed by atoms with Crippen molar-refractivity contribution < 1.29 is 18.4 Å². The number of anilines is 1. The van der Waals surface area contributed by atoms with Crippen molar-refractivity contribution in [3.05, 3.63) is 18.5 Å². The second-order valence-corrected chi connectivity index (χ2v) is 9.13. The van der Waals surface area contributed by atoms with Crippen molar-refractivity contribution in [1.82, 2.24) is 24.7 Å². The number of aromatic nitrogens is 2. The van der Waals surface area contributed by atoms with E-state index in [2.05, 4.69) is 9.97 Å². The summed E-state index contributed by atoms with van der Waals surface area (Å²) >= 11 is 0. The Morgan fingerprint density at radius 3 is 2.42 bits per heavy atom. The van der Waals surface area contributed by atoms with E-state index in [-0.39, 0.29) is 23.8 Å². The van der Waals surface area contributed by atoms with Gasteiger partial charge >= 0.3 is 0 Å². The lowest BCUT2D eigenvalue weighted by Gasteiger charge is -2.46. The fraction of sp³-hybridized carbons (Fsp3) is 0.714. The second kappa shape index (κ2) is 7.96. The number of carbonyl (C=O) groups is 2. The summed E-state index contributed by atoms with van der Waals surface area (Å²) in [6, 6.07) is 0.773. The summed E-state index contributed by atoms with van der Waals surface area (Å²) in [4.78, 5) is 41.2. The Bertz CT molecular complexity index is 830. The zero-order valence-electron chi connectivity index (χ0n) is 17.5. The molecule has 1 aromatic rings. The van der Waals surface area contributed by atoms with Crippen LogP contribution in [0, 0.1) is 5.92 Å². The van der Waals surface area contributed by atoms with Crippen LogP contribution in [-0.4, -0.2) is 100 Å². The van der Waals surface area contributed by atoms with Crippen LogP contribution >= 0.6 is 0 Å². The first-order valence-corrected chi connectivity index (χ1v) is 11.1. The highest BCUT2D eigenvalue weighted by Crippen LogP contribution is 2.38. The van der Waals surface area contributed by atoms with Gasteiger partial charge in [-0.05, 0) is 25.3 Å². The molecular formula is C21H28F2N6O2. The number of carbonyl (C=O) groups excluding carboxylic acids is 2. The van der Waals surface area contributed by atoms with Crippen molar-refractivity contribution in [2.24, 2.45) is 5.92 Å². The van der Waals surface area contributed by atoms with Crippen molar-refractivity contribution >= 4 is 17.8 Å². The molecule has 0 bridgehead atoms. The Balaban J connectivity index is 1.22. The lowest BCUT2D eigenvalue weighted by atomic mass is 10.0. The Kier molecular flexibility index (Phi) is 5.27. The van der Waals surface area contributed by atoms with Gasteiger partial charge in [-0.3, -0.25) is 14.5 Å². The van der Waals surface area contributed by atoms with Crippen LogP contribution in [-0.2, 0) is 9.59 Å². The monoisotopic (exact) mass is 434 g/mol. The van der Waals surface area contributed by atoms with Gasteiger partial charge < -0.3 is 14.7 Å². The molecule has 4 heterocycles. The topological polar surface area (TPSA) is 72.9 Å². The molecule has 1 atom stereocenters. The number of alkyl halides is 2. The van der Waals surface area contributed by atoms with E-state index < -0.39 is 24.9 Å². The SMILES string of the molecule is O=C(C1CC1)N1CC(N2CC(F)(F)C[C@H]2C(=O)N2CCCN(c3ncccn3)CC2)C1. The Labute approximate surface area is 180 Å². The summed E-state index contributed by atoms with van der Waals surface area (Å²) in [5.41, 5.74) is 0. The Hall–Kier alpha value is -2.36. The van der Waals surface area contributed by atoms with E-state index >= 15 is 0 Å². The van der Waals surface area contributed by atoms with Gasteiger partial charge in [0.05, 0.1) is 12.6 Å². The molecular weight excluding hydrogens is 406 g/mol. The van der Waals surface area contributed by atoms with E-state index in [1.165, 1.54) is 0 Å². The van der Waals surface area contributed by atoms with Crippen molar-refractivity contribution in [3.8, 4) is 0 Å². The minimum atomic E-state index is -2.88. The highest BCUT2D eigenvalue weighted by atomic mass is 19.3. The fourth-order valence-corrected chi connectivity index (χ4v) is 4.89. The third-order valence-electron chi connectivity index (χ3n) is 6.80. The van der Waals surface area contributed by atoms with E-state index in [0.29, 0.717) is 38.7 Å². The van der Waals surface area contributed by atoms with Crippen molar-refractivity contribution in [2.45, 2.75) is 43.7 Å². The summed E-state index contributed by atoms with van der Waals surface area (Å²) in [5, 5.41) is 0. The predicted octanol–water partition coefficient (Wildman–Crippen LogP) is 0.846. The first-order chi connectivity index (χ1) is 14.9. The molecule has 1 aliphatic carbocycles. The van der Waals surface area contributed by atoms with Crippen LogP contribution in [0.5, 0.6) is 0 Å². The molecule has 0 aromatic carbocycles. The average molecular weight is 434 g/mol. The minimum Gasteiger partial charge on any atom is -0.339 e. The van der Waals surface area contributed by atoms with Gasteiger partial charge in [0.1, 0.15) is 0 Å². The minimum absolute atomic E-state index is 0.132. The third kappa shape index (κ3) is 4.22. The standard InChI is InChI=1S/C21H28F2N6O2/c22-21(23)11-17(29(14-21)16-12-28(13-16)18(30)15-3-4-15)19(31)26-7-2-8-27(10-9-26)20-24-5-1-6-25-20/h1,5-6,15-17H,2-4,7-14H2/t17-/m0/s1. The molecule has 1 saturated carbocycles.